The molecule has 0 N–H and O–H groups in total. The highest BCUT2D eigenvalue weighted by Crippen LogP contribution is 2.40. The average molecular weight is 424 g/mol. The van der Waals surface area contributed by atoms with Crippen LogP contribution < -0.4 is 14.7 Å². The molecule has 0 fully saturated rings. The van der Waals surface area contributed by atoms with Crippen LogP contribution in [0.3, 0.4) is 0 Å². The van der Waals surface area contributed by atoms with E-state index in [1.807, 2.05) is 54.2 Å². The summed E-state index contributed by atoms with van der Waals surface area (Å²) in [4.78, 5) is 18.7. The Hall–Kier alpha value is -2.87. The zero-order valence-corrected chi connectivity index (χ0v) is 18.2. The van der Waals surface area contributed by atoms with E-state index < -0.39 is 6.17 Å². The maximum atomic E-state index is 13.1. The minimum absolute atomic E-state index is 0.116. The molecule has 3 heterocycles. The van der Waals surface area contributed by atoms with Crippen molar-refractivity contribution >= 4 is 23.4 Å². The van der Waals surface area contributed by atoms with E-state index in [2.05, 4.69) is 11.9 Å². The molecule has 0 saturated heterocycles. The zero-order valence-electron chi connectivity index (χ0n) is 17.4. The lowest BCUT2D eigenvalue weighted by molar-refractivity contribution is -0.764. The molecule has 0 saturated carbocycles. The first-order chi connectivity index (χ1) is 14.5. The van der Waals surface area contributed by atoms with Crippen molar-refractivity contribution in [1.82, 2.24) is 14.6 Å². The fourth-order valence-electron chi connectivity index (χ4n) is 3.86. The van der Waals surface area contributed by atoms with Gasteiger partial charge in [-0.25, -0.2) is 9.88 Å². The van der Waals surface area contributed by atoms with Gasteiger partial charge in [-0.05, 0) is 30.7 Å². The largest absolute Gasteiger partial charge is 0.854 e. The number of carbonyl (C=O) groups is 1. The molecule has 1 aliphatic rings. The number of carbonyl (C=O) groups excluding carboxylic acids is 1. The van der Waals surface area contributed by atoms with E-state index in [1.54, 1.807) is 9.58 Å². The van der Waals surface area contributed by atoms with Gasteiger partial charge in [0.2, 0.25) is 5.91 Å². The van der Waals surface area contributed by atoms with Crippen LogP contribution >= 0.6 is 11.8 Å². The number of rotatable bonds is 6. The molecule has 156 valence electrons. The molecular weight excluding hydrogens is 398 g/mol. The summed E-state index contributed by atoms with van der Waals surface area (Å²) in [7, 11) is 1.92. The molecule has 7 nitrogen and oxygen atoms in total. The highest BCUT2D eigenvalue weighted by Gasteiger charge is 2.44. The van der Waals surface area contributed by atoms with Crippen molar-refractivity contribution in [3.63, 3.8) is 0 Å². The number of hydrogen-bond donors (Lipinski definition) is 0. The lowest BCUT2D eigenvalue weighted by atomic mass is 10.0. The number of anilines is 1. The second kappa shape index (κ2) is 8.47. The Labute approximate surface area is 180 Å². The minimum Gasteiger partial charge on any atom is -0.854 e. The quantitative estimate of drug-likeness (QED) is 0.346. The van der Waals surface area contributed by atoms with Gasteiger partial charge in [-0.2, -0.15) is 0 Å². The molecule has 1 aromatic carbocycles. The van der Waals surface area contributed by atoms with Gasteiger partial charge in [-0.1, -0.05) is 48.3 Å². The summed E-state index contributed by atoms with van der Waals surface area (Å²) in [6, 6.07) is 11.3. The van der Waals surface area contributed by atoms with E-state index in [-0.39, 0.29) is 11.8 Å². The molecule has 1 unspecified atom stereocenters. The average Bonchev–Trinajstić information content (AvgIpc) is 3.15. The highest BCUT2D eigenvalue weighted by atomic mass is 32.2. The third-order valence-corrected chi connectivity index (χ3v) is 6.21. The van der Waals surface area contributed by atoms with E-state index in [1.165, 1.54) is 18.7 Å². The number of aromatic nitrogens is 4. The van der Waals surface area contributed by atoms with Gasteiger partial charge in [-0.15, -0.1) is 0 Å². The predicted octanol–water partition coefficient (Wildman–Crippen LogP) is 3.04. The number of hydrogen-bond acceptors (Lipinski definition) is 5. The topological polar surface area (TPSA) is 78.0 Å². The van der Waals surface area contributed by atoms with E-state index in [0.29, 0.717) is 22.1 Å². The van der Waals surface area contributed by atoms with Crippen LogP contribution in [0.2, 0.25) is 0 Å². The summed E-state index contributed by atoms with van der Waals surface area (Å²) >= 11 is 1.49. The predicted molar refractivity (Wildman–Crippen MR) is 114 cm³/mol. The summed E-state index contributed by atoms with van der Waals surface area (Å²) in [6.45, 7) is 3.70. The van der Waals surface area contributed by atoms with Crippen molar-refractivity contribution in [3.8, 4) is 17.1 Å². The standard InChI is InChI=1S/C22H25N5O2S/c1-4-5-8-14-30-22-23-20(29)19-16-10-6-7-11-17(16)26(15(2)28)21(27(19)24-22)18-12-9-13-25(18)3/h6-7,9-13,21H,4-5,8,14H2,1-3H3. The van der Waals surface area contributed by atoms with Gasteiger partial charge in [0.05, 0.1) is 17.1 Å². The SMILES string of the molecule is CCCCCSc1nc([O-])c2[n+](n1)C(c1cccn1C)N(C(C)=O)c1ccccc1-2. The van der Waals surface area contributed by atoms with Crippen molar-refractivity contribution in [3.05, 3.63) is 48.3 Å². The number of benzene rings is 1. The van der Waals surface area contributed by atoms with Crippen LogP contribution in [0.5, 0.6) is 5.88 Å². The highest BCUT2D eigenvalue weighted by molar-refractivity contribution is 7.99. The Morgan fingerprint density at radius 3 is 2.73 bits per heavy atom. The molecule has 0 radical (unpaired) electrons. The molecule has 0 spiro atoms. The van der Waals surface area contributed by atoms with Crippen molar-refractivity contribution in [2.24, 2.45) is 7.05 Å². The molecule has 4 rings (SSSR count). The lowest BCUT2D eigenvalue weighted by Gasteiger charge is -2.32. The number of thioether (sulfide) groups is 1. The van der Waals surface area contributed by atoms with Gasteiger partial charge in [0, 0.05) is 31.0 Å². The fourth-order valence-corrected chi connectivity index (χ4v) is 4.69. The van der Waals surface area contributed by atoms with Crippen molar-refractivity contribution in [2.75, 3.05) is 10.7 Å². The Kier molecular flexibility index (Phi) is 5.76. The number of amides is 1. The summed E-state index contributed by atoms with van der Waals surface area (Å²) in [6.07, 6.45) is 4.68. The fraction of sp³-hybridized carbons (Fsp3) is 0.364. The Morgan fingerprint density at radius 1 is 1.23 bits per heavy atom. The van der Waals surface area contributed by atoms with Crippen LogP contribution in [0.15, 0.2) is 47.8 Å². The lowest BCUT2D eigenvalue weighted by Crippen LogP contribution is -2.59. The normalized spacial score (nSPS) is 15.0. The van der Waals surface area contributed by atoms with E-state index in [4.69, 9.17) is 5.10 Å². The Balaban J connectivity index is 1.90. The summed E-state index contributed by atoms with van der Waals surface area (Å²) in [5, 5.41) is 18.3. The van der Waals surface area contributed by atoms with Crippen LogP contribution in [0.25, 0.3) is 11.3 Å². The maximum absolute atomic E-state index is 13.1. The van der Waals surface area contributed by atoms with Gasteiger partial charge in [-0.3, -0.25) is 4.79 Å². The molecular formula is C22H25N5O2S. The van der Waals surface area contributed by atoms with Crippen molar-refractivity contribution in [2.45, 2.75) is 44.4 Å². The monoisotopic (exact) mass is 423 g/mol. The Bertz CT molecular complexity index is 1080. The second-order valence-corrected chi connectivity index (χ2v) is 8.43. The Morgan fingerprint density at radius 2 is 2.03 bits per heavy atom. The van der Waals surface area contributed by atoms with Gasteiger partial charge >= 0.3 is 6.17 Å². The molecule has 3 aromatic rings. The summed E-state index contributed by atoms with van der Waals surface area (Å²) in [5.41, 5.74) is 2.64. The van der Waals surface area contributed by atoms with Crippen LogP contribution in [-0.4, -0.2) is 26.3 Å². The molecule has 2 aromatic heterocycles. The first-order valence-corrected chi connectivity index (χ1v) is 11.2. The third kappa shape index (κ3) is 3.56. The number of unbranched alkanes of at least 4 members (excludes halogenated alkanes) is 2. The number of aryl methyl sites for hydroxylation is 1. The number of fused-ring (bicyclic) bond motifs is 3. The van der Waals surface area contributed by atoms with Crippen molar-refractivity contribution in [1.29, 1.82) is 0 Å². The third-order valence-electron chi connectivity index (χ3n) is 5.28. The van der Waals surface area contributed by atoms with Crippen LogP contribution in [-0.2, 0) is 11.8 Å². The van der Waals surface area contributed by atoms with E-state index in [9.17, 15) is 9.90 Å². The van der Waals surface area contributed by atoms with Crippen LogP contribution in [0, 0.1) is 0 Å². The summed E-state index contributed by atoms with van der Waals surface area (Å²) in [5.74, 6) is 0.418. The summed E-state index contributed by atoms with van der Waals surface area (Å²) < 4.78 is 3.63. The molecule has 8 heteroatoms. The molecule has 1 aliphatic heterocycles. The van der Waals surface area contributed by atoms with Crippen molar-refractivity contribution < 1.29 is 14.6 Å². The van der Waals surface area contributed by atoms with E-state index >= 15 is 0 Å². The molecule has 0 aliphatic carbocycles. The molecule has 1 amide bonds. The van der Waals surface area contributed by atoms with Gasteiger partial charge in [0.15, 0.2) is 0 Å². The van der Waals surface area contributed by atoms with Crippen LogP contribution in [0.1, 0.15) is 45.0 Å². The minimum atomic E-state index is -0.557. The zero-order chi connectivity index (χ0) is 21.3. The van der Waals surface area contributed by atoms with Gasteiger partial charge < -0.3 is 9.67 Å². The molecule has 1 atom stereocenters. The maximum Gasteiger partial charge on any atom is 0.307 e. The first-order valence-electron chi connectivity index (χ1n) is 10.2. The van der Waals surface area contributed by atoms with Gasteiger partial charge in [0.25, 0.3) is 10.9 Å². The van der Waals surface area contributed by atoms with Crippen LogP contribution in [0.4, 0.5) is 5.69 Å². The molecule has 0 bridgehead atoms. The molecule has 30 heavy (non-hydrogen) atoms. The second-order valence-electron chi connectivity index (χ2n) is 7.37. The number of nitrogens with zero attached hydrogens (tertiary/aromatic N) is 5. The van der Waals surface area contributed by atoms with E-state index in [0.717, 1.165) is 30.7 Å². The number of para-hydroxylation sites is 1. The first kappa shape index (κ1) is 20.4. The van der Waals surface area contributed by atoms with Gasteiger partial charge in [0.1, 0.15) is 5.69 Å². The smallest absolute Gasteiger partial charge is 0.307 e.